The lowest BCUT2D eigenvalue weighted by Gasteiger charge is -2.30. The van der Waals surface area contributed by atoms with Gasteiger partial charge < -0.3 is 23.3 Å². The van der Waals surface area contributed by atoms with Crippen LogP contribution < -0.4 is 9.05 Å². The minimum Gasteiger partial charge on any atom is -0.466 e. The van der Waals surface area contributed by atoms with Crippen molar-refractivity contribution < 1.29 is 41.9 Å². The highest BCUT2D eigenvalue weighted by molar-refractivity contribution is 7.49. The quantitative estimate of drug-likeness (QED) is 0.152. The van der Waals surface area contributed by atoms with E-state index in [1.807, 2.05) is 6.92 Å². The maximum atomic E-state index is 14.2. The van der Waals surface area contributed by atoms with Crippen LogP contribution in [0.1, 0.15) is 32.6 Å². The first-order valence-electron chi connectivity index (χ1n) is 11.9. The Labute approximate surface area is 215 Å². The molecule has 0 aromatic heterocycles. The second-order valence-electron chi connectivity index (χ2n) is 8.53. The standard InChI is InChI=1S/C27H29O9P/c1-4-5-12-17-26-18-19-27(35-26,23(25(29)32-3)22(26)24(28)31-2)36-37(30,33-20-13-8-6-9-14-20)34-21-15-10-7-11-16-21/h6-11,13-16,18-19H,4-5,12,17H2,1-3H3. The summed E-state index contributed by atoms with van der Waals surface area (Å²) in [7, 11) is -2.18. The van der Waals surface area contributed by atoms with Gasteiger partial charge in [-0.25, -0.2) is 18.7 Å². The van der Waals surface area contributed by atoms with Crippen LogP contribution >= 0.6 is 7.82 Å². The zero-order valence-electron chi connectivity index (χ0n) is 20.9. The van der Waals surface area contributed by atoms with Crippen LogP contribution in [0.5, 0.6) is 11.5 Å². The van der Waals surface area contributed by atoms with Crippen LogP contribution in [0.25, 0.3) is 0 Å². The summed E-state index contributed by atoms with van der Waals surface area (Å²) in [5.41, 5.74) is -1.67. The van der Waals surface area contributed by atoms with Crippen molar-refractivity contribution >= 4 is 19.8 Å². The molecule has 0 spiro atoms. The van der Waals surface area contributed by atoms with Gasteiger partial charge in [-0.3, -0.25) is 0 Å². The molecule has 37 heavy (non-hydrogen) atoms. The normalized spacial score (nSPS) is 22.1. The third-order valence-corrected chi connectivity index (χ3v) is 7.39. The molecule has 2 aliphatic heterocycles. The van der Waals surface area contributed by atoms with E-state index >= 15 is 0 Å². The van der Waals surface area contributed by atoms with Crippen molar-refractivity contribution in [2.75, 3.05) is 14.2 Å². The maximum absolute atomic E-state index is 14.2. The summed E-state index contributed by atoms with van der Waals surface area (Å²) in [6.07, 6.45) is 5.89. The molecule has 10 heteroatoms. The number of fused-ring (bicyclic) bond motifs is 2. The van der Waals surface area contributed by atoms with Gasteiger partial charge in [0.05, 0.1) is 19.8 Å². The highest BCUT2D eigenvalue weighted by Crippen LogP contribution is 2.61. The average Bonchev–Trinajstić information content (AvgIpc) is 3.39. The number of benzene rings is 2. The monoisotopic (exact) mass is 528 g/mol. The zero-order valence-corrected chi connectivity index (χ0v) is 21.8. The fourth-order valence-electron chi connectivity index (χ4n) is 4.40. The van der Waals surface area contributed by atoms with Gasteiger partial charge in [-0.2, -0.15) is 0 Å². The first kappa shape index (κ1) is 26.7. The highest BCUT2D eigenvalue weighted by Gasteiger charge is 2.66. The number of carbonyl (C=O) groups is 2. The molecule has 4 rings (SSSR count). The van der Waals surface area contributed by atoms with E-state index in [9.17, 15) is 14.2 Å². The van der Waals surface area contributed by atoms with Crippen LogP contribution in [0.3, 0.4) is 0 Å². The molecule has 2 heterocycles. The molecule has 0 aliphatic carbocycles. The number of ether oxygens (including phenoxy) is 3. The number of carbonyl (C=O) groups excluding carboxylic acids is 2. The molecule has 2 aliphatic rings. The zero-order chi connectivity index (χ0) is 26.5. The molecule has 2 aromatic carbocycles. The molecule has 0 amide bonds. The fourth-order valence-corrected chi connectivity index (χ4v) is 5.79. The van der Waals surface area contributed by atoms with E-state index in [2.05, 4.69) is 0 Å². The number of unbranched alkanes of at least 4 members (excludes halogenated alkanes) is 2. The molecule has 0 fully saturated rings. The number of para-hydroxylation sites is 2. The summed E-state index contributed by atoms with van der Waals surface area (Å²) in [4.78, 5) is 26.0. The Morgan fingerprint density at radius 2 is 1.35 bits per heavy atom. The SMILES string of the molecule is CCCCCC12C=CC(OP(=O)(Oc3ccccc3)Oc3ccccc3)(O1)C(C(=O)OC)=C2C(=O)OC. The van der Waals surface area contributed by atoms with E-state index in [0.29, 0.717) is 12.8 Å². The topological polar surface area (TPSA) is 107 Å². The summed E-state index contributed by atoms with van der Waals surface area (Å²) >= 11 is 0. The maximum Gasteiger partial charge on any atom is 0.590 e. The van der Waals surface area contributed by atoms with Crippen LogP contribution in [-0.2, 0) is 32.9 Å². The van der Waals surface area contributed by atoms with Gasteiger partial charge in [0.1, 0.15) is 22.7 Å². The first-order valence-corrected chi connectivity index (χ1v) is 13.4. The molecule has 196 valence electrons. The average molecular weight is 528 g/mol. The first-order chi connectivity index (χ1) is 17.8. The van der Waals surface area contributed by atoms with Crippen LogP contribution in [-0.4, -0.2) is 37.5 Å². The van der Waals surface area contributed by atoms with Crippen molar-refractivity contribution in [1.82, 2.24) is 0 Å². The van der Waals surface area contributed by atoms with Crippen molar-refractivity contribution in [2.24, 2.45) is 0 Å². The Balaban J connectivity index is 1.80. The third kappa shape index (κ3) is 5.34. The molecular formula is C27H29O9P. The number of phosphoric acid groups is 1. The van der Waals surface area contributed by atoms with E-state index in [0.717, 1.165) is 20.0 Å². The lowest BCUT2D eigenvalue weighted by atomic mass is 9.82. The van der Waals surface area contributed by atoms with Gasteiger partial charge in [0.15, 0.2) is 0 Å². The molecule has 2 bridgehead atoms. The molecule has 0 radical (unpaired) electrons. The number of esters is 2. The van der Waals surface area contributed by atoms with E-state index in [1.165, 1.54) is 13.2 Å². The molecule has 0 saturated carbocycles. The Morgan fingerprint density at radius 3 is 1.86 bits per heavy atom. The van der Waals surface area contributed by atoms with Crippen LogP contribution in [0, 0.1) is 0 Å². The second-order valence-corrected chi connectivity index (χ2v) is 9.97. The molecule has 2 unspecified atom stereocenters. The van der Waals surface area contributed by atoms with Gasteiger partial charge in [-0.05, 0) is 49.3 Å². The van der Waals surface area contributed by atoms with Gasteiger partial charge in [0.25, 0.3) is 0 Å². The largest absolute Gasteiger partial charge is 0.590 e. The predicted molar refractivity (Wildman–Crippen MR) is 134 cm³/mol. The van der Waals surface area contributed by atoms with Crippen LogP contribution in [0.4, 0.5) is 0 Å². The third-order valence-electron chi connectivity index (χ3n) is 6.03. The molecule has 0 N–H and O–H groups in total. The lowest BCUT2D eigenvalue weighted by molar-refractivity contribution is -0.159. The molecular weight excluding hydrogens is 499 g/mol. The van der Waals surface area contributed by atoms with Gasteiger partial charge in [-0.1, -0.05) is 56.2 Å². The molecule has 2 aromatic rings. The molecule has 0 saturated heterocycles. The Kier molecular flexibility index (Phi) is 7.87. The van der Waals surface area contributed by atoms with E-state index in [-0.39, 0.29) is 22.6 Å². The van der Waals surface area contributed by atoms with Crippen molar-refractivity contribution in [3.8, 4) is 11.5 Å². The van der Waals surface area contributed by atoms with E-state index in [4.69, 9.17) is 27.8 Å². The lowest BCUT2D eigenvalue weighted by Crippen LogP contribution is -2.36. The summed E-state index contributed by atoms with van der Waals surface area (Å²) in [6, 6.07) is 16.6. The van der Waals surface area contributed by atoms with Gasteiger partial charge in [0, 0.05) is 0 Å². The van der Waals surface area contributed by atoms with Crippen molar-refractivity contribution in [1.29, 1.82) is 0 Å². The van der Waals surface area contributed by atoms with E-state index < -0.39 is 31.1 Å². The summed E-state index contributed by atoms with van der Waals surface area (Å²) < 4.78 is 48.0. The van der Waals surface area contributed by atoms with Gasteiger partial charge in [0.2, 0.25) is 5.79 Å². The fraction of sp³-hybridized carbons (Fsp3) is 0.333. The smallest absolute Gasteiger partial charge is 0.466 e. The van der Waals surface area contributed by atoms with Crippen molar-refractivity contribution in [3.05, 3.63) is 84.0 Å². The highest BCUT2D eigenvalue weighted by atomic mass is 31.2. The number of hydrogen-bond donors (Lipinski definition) is 0. The van der Waals surface area contributed by atoms with Gasteiger partial charge in [-0.15, -0.1) is 0 Å². The van der Waals surface area contributed by atoms with Crippen LogP contribution in [0.15, 0.2) is 84.0 Å². The number of hydrogen-bond acceptors (Lipinski definition) is 9. The minimum absolute atomic E-state index is 0.0635. The molecule has 9 nitrogen and oxygen atoms in total. The number of phosphoric ester groups is 1. The Bertz CT molecular complexity index is 1200. The van der Waals surface area contributed by atoms with E-state index in [1.54, 1.807) is 66.7 Å². The Hall–Kier alpha value is -3.39. The summed E-state index contributed by atoms with van der Waals surface area (Å²) in [5, 5.41) is 0. The minimum atomic E-state index is -4.55. The number of rotatable bonds is 12. The van der Waals surface area contributed by atoms with Gasteiger partial charge >= 0.3 is 19.8 Å². The summed E-state index contributed by atoms with van der Waals surface area (Å²) in [5.74, 6) is -3.36. The molecule has 2 atom stereocenters. The van der Waals surface area contributed by atoms with Crippen LogP contribution in [0.2, 0.25) is 0 Å². The van der Waals surface area contributed by atoms with Crippen molar-refractivity contribution in [3.63, 3.8) is 0 Å². The number of methoxy groups -OCH3 is 2. The predicted octanol–water partition coefficient (Wildman–Crippen LogP) is 5.53. The Morgan fingerprint density at radius 1 is 0.811 bits per heavy atom. The second kappa shape index (κ2) is 10.9. The summed E-state index contributed by atoms with van der Waals surface area (Å²) in [6.45, 7) is 2.04. The van der Waals surface area contributed by atoms with Crippen molar-refractivity contribution in [2.45, 2.75) is 44.0 Å².